The van der Waals surface area contributed by atoms with Crippen LogP contribution in [0.5, 0.6) is 0 Å². The van der Waals surface area contributed by atoms with Crippen molar-refractivity contribution < 1.29 is 49.8 Å². The minimum Gasteiger partial charge on any atom is -0.325 e. The first kappa shape index (κ1) is 20.1. The molecule has 0 aromatic heterocycles. The molecule has 16 heteroatoms. The van der Waals surface area contributed by atoms with E-state index in [4.69, 9.17) is 10.1 Å². The fourth-order valence-electron chi connectivity index (χ4n) is 1.97. The van der Waals surface area contributed by atoms with Gasteiger partial charge in [0.15, 0.2) is 28.5 Å². The minimum absolute atomic E-state index is 0.531. The van der Waals surface area contributed by atoms with Crippen molar-refractivity contribution in [2.24, 2.45) is 5.11 Å². The molecule has 1 atom stereocenters. The van der Waals surface area contributed by atoms with E-state index in [2.05, 4.69) is 9.95 Å². The normalized spacial score (nSPS) is 17.1. The van der Waals surface area contributed by atoms with Gasteiger partial charge in [0.1, 0.15) is 11.3 Å². The fraction of sp³-hybridized carbons (Fsp3) is 0.182. The molecule has 144 valence electrons. The van der Waals surface area contributed by atoms with Gasteiger partial charge in [-0.3, -0.25) is 14.1 Å². The molecule has 27 heavy (non-hydrogen) atoms. The molecule has 1 N–H and O–H groups in total. The number of halogens is 4. The molecule has 0 bridgehead atoms. The summed E-state index contributed by atoms with van der Waals surface area (Å²) in [4.78, 5) is 40.9. The van der Waals surface area contributed by atoms with Gasteiger partial charge in [0.25, 0.3) is 21.9 Å². The van der Waals surface area contributed by atoms with Crippen molar-refractivity contribution in [3.05, 3.63) is 39.3 Å². The molecule has 0 radical (unpaired) electrons. The Morgan fingerprint density at radius 3 is 2.11 bits per heavy atom. The van der Waals surface area contributed by atoms with Crippen LogP contribution in [-0.2, 0) is 24.5 Å². The summed E-state index contributed by atoms with van der Waals surface area (Å²) in [5.74, 6) is -14.8. The third-order valence-corrected chi connectivity index (χ3v) is 4.27. The number of amides is 2. The molecule has 0 unspecified atom stereocenters. The zero-order chi connectivity index (χ0) is 20.7. The Morgan fingerprint density at radius 2 is 1.70 bits per heavy atom. The number of hydrogen-bond acceptors (Lipinski definition) is 7. The van der Waals surface area contributed by atoms with E-state index in [0.717, 1.165) is 0 Å². The lowest BCUT2D eigenvalue weighted by Crippen LogP contribution is -2.37. The third kappa shape index (κ3) is 3.40. The molecule has 1 aromatic carbocycles. The molecule has 2 amide bonds. The van der Waals surface area contributed by atoms with Gasteiger partial charge in [0, 0.05) is 4.91 Å². The Balaban J connectivity index is 2.44. The fourth-order valence-corrected chi connectivity index (χ4v) is 2.68. The lowest BCUT2D eigenvalue weighted by Gasteiger charge is -2.14. The van der Waals surface area contributed by atoms with E-state index in [9.17, 15) is 40.4 Å². The van der Waals surface area contributed by atoms with Crippen molar-refractivity contribution in [2.45, 2.75) is 11.7 Å². The van der Waals surface area contributed by atoms with Crippen LogP contribution in [0, 0.1) is 23.3 Å². The van der Waals surface area contributed by atoms with Gasteiger partial charge in [-0.05, 0) is 5.53 Å². The predicted molar refractivity (Wildman–Crippen MR) is 72.3 cm³/mol. The Labute approximate surface area is 145 Å². The number of carbonyl (C=O) groups excluding carboxylic acids is 3. The summed E-state index contributed by atoms with van der Waals surface area (Å²) in [5, 5.41) is -0.493. The van der Waals surface area contributed by atoms with Crippen LogP contribution >= 0.6 is 0 Å². The number of hydroxylamine groups is 2. The van der Waals surface area contributed by atoms with Crippen LogP contribution in [0.25, 0.3) is 10.4 Å². The van der Waals surface area contributed by atoms with E-state index in [0.29, 0.717) is 0 Å². The molecular weight excluding hydrogens is 408 g/mol. The van der Waals surface area contributed by atoms with Crippen molar-refractivity contribution in [2.75, 3.05) is 0 Å². The van der Waals surface area contributed by atoms with Gasteiger partial charge in [-0.1, -0.05) is 5.11 Å². The molecule has 1 aromatic rings. The maximum atomic E-state index is 13.8. The summed E-state index contributed by atoms with van der Waals surface area (Å²) in [6.45, 7) is 0. The number of hydrogen-bond donors (Lipinski definition) is 1. The van der Waals surface area contributed by atoms with Gasteiger partial charge >= 0.3 is 5.97 Å². The van der Waals surface area contributed by atoms with Gasteiger partial charge in [-0.2, -0.15) is 8.42 Å². The smallest absolute Gasteiger partial charge is 0.325 e. The van der Waals surface area contributed by atoms with E-state index >= 15 is 0 Å². The van der Waals surface area contributed by atoms with Crippen molar-refractivity contribution in [3.63, 3.8) is 0 Å². The Morgan fingerprint density at radius 1 is 1.19 bits per heavy atom. The third-order valence-electron chi connectivity index (χ3n) is 3.18. The molecule has 0 saturated carbocycles. The average molecular weight is 412 g/mol. The van der Waals surface area contributed by atoms with Gasteiger partial charge in [-0.15, -0.1) is 5.06 Å². The monoisotopic (exact) mass is 412 g/mol. The maximum absolute atomic E-state index is 13.8. The lowest BCUT2D eigenvalue weighted by atomic mass is 10.1. The first-order chi connectivity index (χ1) is 12.4. The number of rotatable bonds is 4. The van der Waals surface area contributed by atoms with Crippen molar-refractivity contribution in [1.29, 1.82) is 0 Å². The topological polar surface area (TPSA) is 167 Å². The molecule has 2 rings (SSSR count). The van der Waals surface area contributed by atoms with Crippen molar-refractivity contribution in [3.8, 4) is 0 Å². The highest BCUT2D eigenvalue weighted by atomic mass is 32.2. The van der Waals surface area contributed by atoms with Crippen LogP contribution < -0.4 is 0 Å². The Kier molecular flexibility index (Phi) is 5.08. The molecule has 11 nitrogen and oxygen atoms in total. The van der Waals surface area contributed by atoms with Gasteiger partial charge in [0.2, 0.25) is 0 Å². The Bertz CT molecular complexity index is 1010. The van der Waals surface area contributed by atoms with Gasteiger partial charge < -0.3 is 4.84 Å². The molecule has 1 saturated heterocycles. The summed E-state index contributed by atoms with van der Waals surface area (Å²) in [7, 11) is -5.08. The molecule has 1 heterocycles. The Hall–Kier alpha value is -3.23. The molecule has 0 spiro atoms. The van der Waals surface area contributed by atoms with Crippen LogP contribution in [0.1, 0.15) is 16.8 Å². The zero-order valence-corrected chi connectivity index (χ0v) is 13.2. The summed E-state index contributed by atoms with van der Waals surface area (Å²) < 4.78 is 85.6. The van der Waals surface area contributed by atoms with E-state index in [1.807, 2.05) is 4.91 Å². The van der Waals surface area contributed by atoms with Crippen LogP contribution in [0.4, 0.5) is 23.2 Å². The highest BCUT2D eigenvalue weighted by molar-refractivity contribution is 7.87. The average Bonchev–Trinajstić information content (AvgIpc) is 2.85. The van der Waals surface area contributed by atoms with Gasteiger partial charge in [0.05, 0.1) is 6.42 Å². The zero-order valence-electron chi connectivity index (χ0n) is 12.4. The molecule has 1 aliphatic rings. The first-order valence-corrected chi connectivity index (χ1v) is 7.88. The number of benzene rings is 1. The van der Waals surface area contributed by atoms with Crippen LogP contribution in [0.3, 0.4) is 0 Å². The molecule has 0 aliphatic carbocycles. The summed E-state index contributed by atoms with van der Waals surface area (Å²) in [6.07, 6.45) is -1.16. The largest absolute Gasteiger partial charge is 0.370 e. The second kappa shape index (κ2) is 6.82. The number of imide groups is 1. The second-order valence-electron chi connectivity index (χ2n) is 4.78. The van der Waals surface area contributed by atoms with Crippen molar-refractivity contribution in [1.82, 2.24) is 5.06 Å². The number of nitrogens with zero attached hydrogens (tertiary/aromatic N) is 4. The molecule has 1 fully saturated rings. The standard InChI is InChI=1S/C11H4F4N4O7S/c12-5-4(6(13)8(15)9(7(5)14)17-18-16)11(22)26-19-3(20)1-2(10(19)21)27(23,24)25/h2H,1H2,(H,23,24,25)/t2-/m0/s1. The van der Waals surface area contributed by atoms with E-state index in [1.54, 1.807) is 0 Å². The second-order valence-corrected chi connectivity index (χ2v) is 6.38. The van der Waals surface area contributed by atoms with Crippen molar-refractivity contribution >= 4 is 33.6 Å². The van der Waals surface area contributed by atoms with Gasteiger partial charge in [-0.25, -0.2) is 22.4 Å². The first-order valence-electron chi connectivity index (χ1n) is 6.38. The number of azide groups is 1. The van der Waals surface area contributed by atoms with E-state index < -0.39 is 79.2 Å². The lowest BCUT2D eigenvalue weighted by molar-refractivity contribution is -0.172. The van der Waals surface area contributed by atoms with E-state index in [-0.39, 0.29) is 0 Å². The minimum atomic E-state index is -5.08. The molecular formula is C11H4F4N4O7S. The predicted octanol–water partition coefficient (Wildman–Crippen LogP) is 1.27. The number of carbonyl (C=O) groups is 3. The quantitative estimate of drug-likeness (QED) is 0.148. The molecule has 1 aliphatic heterocycles. The summed E-state index contributed by atoms with van der Waals surface area (Å²) in [5.41, 5.74) is 4.34. The SMILES string of the molecule is [N-]=[N+]=Nc1c(F)c(F)c(C(=O)ON2C(=O)C[C@H](S(=O)(=O)O)C2=O)c(F)c1F. The van der Waals surface area contributed by atoms with Crippen LogP contribution in [0.2, 0.25) is 0 Å². The van der Waals surface area contributed by atoms with Crippen LogP contribution in [-0.4, -0.2) is 41.1 Å². The summed E-state index contributed by atoms with van der Waals surface area (Å²) >= 11 is 0. The van der Waals surface area contributed by atoms with E-state index in [1.165, 1.54) is 0 Å². The highest BCUT2D eigenvalue weighted by Crippen LogP contribution is 2.31. The maximum Gasteiger partial charge on any atom is 0.370 e. The van der Waals surface area contributed by atoms with Crippen LogP contribution in [0.15, 0.2) is 5.11 Å². The highest BCUT2D eigenvalue weighted by Gasteiger charge is 2.49. The summed E-state index contributed by atoms with van der Waals surface area (Å²) in [6, 6.07) is 0.